The second-order valence-corrected chi connectivity index (χ2v) is 6.87. The highest BCUT2D eigenvalue weighted by atomic mass is 32.2. The molecular formula is C14H18N2O4S. The molecule has 1 fully saturated rings. The van der Waals surface area contributed by atoms with Crippen LogP contribution in [0, 0.1) is 12.3 Å². The van der Waals surface area contributed by atoms with Gasteiger partial charge in [-0.3, -0.25) is 4.79 Å². The van der Waals surface area contributed by atoms with Gasteiger partial charge in [-0.1, -0.05) is 0 Å². The largest absolute Gasteiger partial charge is 0.481 e. The Morgan fingerprint density at radius 2 is 1.90 bits per heavy atom. The number of aromatic nitrogens is 2. The molecule has 114 valence electrons. The minimum atomic E-state index is -1.08. The molecule has 0 aliphatic heterocycles. The molecule has 0 atom stereocenters. The van der Waals surface area contributed by atoms with Crippen molar-refractivity contribution in [1.82, 2.24) is 9.97 Å². The molecule has 1 heterocycles. The Morgan fingerprint density at radius 1 is 1.29 bits per heavy atom. The lowest BCUT2D eigenvalue weighted by Crippen LogP contribution is -2.26. The standard InChI is InChI=1S/C14H18N2O4S/c1-7-9(12(17)18)11(16-10(15-7)8-4-5-8)21-6-14(2,3)13(19)20/h8H,4-6H2,1-3H3,(H,17,18)(H,19,20). The zero-order valence-electron chi connectivity index (χ0n) is 12.2. The zero-order chi connectivity index (χ0) is 15.8. The van der Waals surface area contributed by atoms with Crippen molar-refractivity contribution in [3.63, 3.8) is 0 Å². The highest BCUT2D eigenvalue weighted by Gasteiger charge is 2.31. The Morgan fingerprint density at radius 3 is 2.38 bits per heavy atom. The van der Waals surface area contributed by atoms with Crippen LogP contribution in [-0.2, 0) is 4.79 Å². The summed E-state index contributed by atoms with van der Waals surface area (Å²) in [5.41, 5.74) is -0.431. The van der Waals surface area contributed by atoms with E-state index in [0.717, 1.165) is 12.8 Å². The quantitative estimate of drug-likeness (QED) is 0.615. The number of hydrogen-bond donors (Lipinski definition) is 2. The van der Waals surface area contributed by atoms with E-state index in [1.165, 1.54) is 11.8 Å². The molecule has 7 heteroatoms. The minimum Gasteiger partial charge on any atom is -0.481 e. The van der Waals surface area contributed by atoms with Gasteiger partial charge in [-0.25, -0.2) is 14.8 Å². The van der Waals surface area contributed by atoms with Crippen LogP contribution < -0.4 is 0 Å². The number of carboxylic acids is 2. The number of aliphatic carboxylic acids is 1. The Hall–Kier alpha value is -1.63. The van der Waals surface area contributed by atoms with E-state index in [9.17, 15) is 14.7 Å². The Balaban J connectivity index is 2.31. The number of carbonyl (C=O) groups is 2. The van der Waals surface area contributed by atoms with Crippen LogP contribution in [0.25, 0.3) is 0 Å². The average Bonchev–Trinajstić information content (AvgIpc) is 3.19. The van der Waals surface area contributed by atoms with Crippen molar-refractivity contribution in [3.05, 3.63) is 17.1 Å². The number of carboxylic acid groups (broad SMARTS) is 2. The van der Waals surface area contributed by atoms with E-state index in [1.54, 1.807) is 20.8 Å². The van der Waals surface area contributed by atoms with Crippen molar-refractivity contribution >= 4 is 23.7 Å². The van der Waals surface area contributed by atoms with E-state index in [1.807, 2.05) is 0 Å². The van der Waals surface area contributed by atoms with Crippen LogP contribution in [0.5, 0.6) is 0 Å². The van der Waals surface area contributed by atoms with Crippen molar-refractivity contribution in [2.45, 2.75) is 44.6 Å². The molecule has 1 aromatic rings. The molecule has 2 rings (SSSR count). The summed E-state index contributed by atoms with van der Waals surface area (Å²) >= 11 is 1.17. The third-order valence-corrected chi connectivity index (χ3v) is 4.81. The number of thioether (sulfide) groups is 1. The molecule has 1 aliphatic carbocycles. The maximum Gasteiger partial charge on any atom is 0.340 e. The average molecular weight is 310 g/mol. The molecule has 0 unspecified atom stereocenters. The summed E-state index contributed by atoms with van der Waals surface area (Å²) in [7, 11) is 0. The van der Waals surface area contributed by atoms with E-state index in [0.29, 0.717) is 22.5 Å². The predicted molar refractivity (Wildman–Crippen MR) is 77.8 cm³/mol. The van der Waals surface area contributed by atoms with Crippen LogP contribution in [0.4, 0.5) is 0 Å². The van der Waals surface area contributed by atoms with Gasteiger partial charge in [0.2, 0.25) is 0 Å². The summed E-state index contributed by atoms with van der Waals surface area (Å²) < 4.78 is 0. The van der Waals surface area contributed by atoms with Crippen LogP contribution in [-0.4, -0.2) is 37.9 Å². The van der Waals surface area contributed by atoms with Gasteiger partial charge in [-0.15, -0.1) is 11.8 Å². The van der Waals surface area contributed by atoms with Crippen LogP contribution in [0.2, 0.25) is 0 Å². The molecule has 0 amide bonds. The second kappa shape index (κ2) is 5.63. The van der Waals surface area contributed by atoms with Gasteiger partial charge in [0.05, 0.1) is 11.1 Å². The molecule has 1 saturated carbocycles. The van der Waals surface area contributed by atoms with E-state index in [4.69, 9.17) is 5.11 Å². The predicted octanol–water partition coefficient (Wildman–Crippen LogP) is 2.56. The van der Waals surface area contributed by atoms with Crippen molar-refractivity contribution in [2.24, 2.45) is 5.41 Å². The number of nitrogens with zero attached hydrogens (tertiary/aromatic N) is 2. The molecule has 1 aromatic heterocycles. The molecule has 2 N–H and O–H groups in total. The normalized spacial score (nSPS) is 15.0. The van der Waals surface area contributed by atoms with Gasteiger partial charge in [0.15, 0.2) is 0 Å². The summed E-state index contributed by atoms with van der Waals surface area (Å²) in [6, 6.07) is 0. The summed E-state index contributed by atoms with van der Waals surface area (Å²) in [4.78, 5) is 31.2. The highest BCUT2D eigenvalue weighted by Crippen LogP contribution is 2.39. The fourth-order valence-electron chi connectivity index (χ4n) is 1.75. The first-order valence-electron chi connectivity index (χ1n) is 6.70. The van der Waals surface area contributed by atoms with Gasteiger partial charge in [-0.05, 0) is 33.6 Å². The zero-order valence-corrected chi connectivity index (χ0v) is 13.0. The number of hydrogen-bond acceptors (Lipinski definition) is 5. The Bertz CT molecular complexity index is 597. The lowest BCUT2D eigenvalue weighted by Gasteiger charge is -2.19. The topological polar surface area (TPSA) is 100 Å². The minimum absolute atomic E-state index is 0.0746. The van der Waals surface area contributed by atoms with Gasteiger partial charge < -0.3 is 10.2 Å². The van der Waals surface area contributed by atoms with Crippen LogP contribution in [0.1, 0.15) is 54.5 Å². The molecular weight excluding hydrogens is 292 g/mol. The van der Waals surface area contributed by atoms with E-state index < -0.39 is 17.4 Å². The molecule has 0 saturated heterocycles. The fourth-order valence-corrected chi connectivity index (χ4v) is 2.91. The smallest absolute Gasteiger partial charge is 0.340 e. The lowest BCUT2D eigenvalue weighted by atomic mass is 9.97. The molecule has 0 spiro atoms. The van der Waals surface area contributed by atoms with Gasteiger partial charge in [-0.2, -0.15) is 0 Å². The van der Waals surface area contributed by atoms with Crippen LogP contribution >= 0.6 is 11.8 Å². The monoisotopic (exact) mass is 310 g/mol. The molecule has 0 bridgehead atoms. The van der Waals surface area contributed by atoms with Gasteiger partial charge in [0.1, 0.15) is 16.4 Å². The van der Waals surface area contributed by atoms with Crippen LogP contribution in [0.15, 0.2) is 5.03 Å². The summed E-state index contributed by atoms with van der Waals surface area (Å²) in [5.74, 6) is -0.750. The number of aromatic carboxylic acids is 1. The Kier molecular flexibility index (Phi) is 4.22. The summed E-state index contributed by atoms with van der Waals surface area (Å²) in [6.07, 6.45) is 2.05. The maximum atomic E-state index is 11.4. The first kappa shape index (κ1) is 15.8. The number of rotatable bonds is 6. The first-order valence-corrected chi connectivity index (χ1v) is 7.69. The molecule has 1 aliphatic rings. The van der Waals surface area contributed by atoms with Crippen molar-refractivity contribution in [2.75, 3.05) is 5.75 Å². The van der Waals surface area contributed by atoms with E-state index >= 15 is 0 Å². The van der Waals surface area contributed by atoms with E-state index in [-0.39, 0.29) is 11.3 Å². The van der Waals surface area contributed by atoms with Crippen molar-refractivity contribution < 1.29 is 19.8 Å². The third kappa shape index (κ3) is 3.53. The summed E-state index contributed by atoms with van der Waals surface area (Å²) in [5, 5.41) is 18.8. The first-order chi connectivity index (χ1) is 9.72. The lowest BCUT2D eigenvalue weighted by molar-refractivity contribution is -0.145. The van der Waals surface area contributed by atoms with Crippen molar-refractivity contribution in [3.8, 4) is 0 Å². The molecule has 0 aromatic carbocycles. The maximum absolute atomic E-state index is 11.4. The fraction of sp³-hybridized carbons (Fsp3) is 0.571. The van der Waals surface area contributed by atoms with E-state index in [2.05, 4.69) is 9.97 Å². The third-order valence-electron chi connectivity index (χ3n) is 3.38. The molecule has 6 nitrogen and oxygen atoms in total. The highest BCUT2D eigenvalue weighted by molar-refractivity contribution is 7.99. The molecule has 21 heavy (non-hydrogen) atoms. The second-order valence-electron chi connectivity index (χ2n) is 5.90. The Labute approximate surface area is 127 Å². The van der Waals surface area contributed by atoms with Crippen LogP contribution in [0.3, 0.4) is 0 Å². The van der Waals surface area contributed by atoms with Crippen molar-refractivity contribution in [1.29, 1.82) is 0 Å². The van der Waals surface area contributed by atoms with Gasteiger partial charge in [0, 0.05) is 11.7 Å². The van der Waals surface area contributed by atoms with Gasteiger partial charge in [0.25, 0.3) is 0 Å². The van der Waals surface area contributed by atoms with Gasteiger partial charge >= 0.3 is 11.9 Å². The number of aryl methyl sites for hydroxylation is 1. The molecule has 0 radical (unpaired) electrons. The summed E-state index contributed by atoms with van der Waals surface area (Å²) in [6.45, 7) is 4.88. The SMILES string of the molecule is Cc1nc(C2CC2)nc(SCC(C)(C)C(=O)O)c1C(=O)O.